The predicted octanol–water partition coefficient (Wildman–Crippen LogP) is 1.79. The van der Waals surface area contributed by atoms with Crippen molar-refractivity contribution in [1.29, 1.82) is 0 Å². The molecule has 0 unspecified atom stereocenters. The normalized spacial score (nSPS) is 14.7. The van der Waals surface area contributed by atoms with E-state index >= 15 is 0 Å². The van der Waals surface area contributed by atoms with Crippen LogP contribution in [0, 0.1) is 0 Å². The van der Waals surface area contributed by atoms with E-state index in [1.165, 1.54) is 12.8 Å². The molecule has 6 nitrogen and oxygen atoms in total. The number of rotatable bonds is 8. The maximum atomic E-state index is 5.80. The Labute approximate surface area is 118 Å². The topological polar surface area (TPSA) is 60.4 Å². The standard InChI is InChI=1S/C12H19ClN4O2/c1-3-7-18-11-14-10(13)15-12(16-11)19-8-6-17(2)9-4-5-9/h9H,3-8H2,1-2H3. The van der Waals surface area contributed by atoms with Crippen LogP contribution in [0.3, 0.4) is 0 Å². The molecule has 2 rings (SSSR count). The number of nitrogens with zero attached hydrogens (tertiary/aromatic N) is 4. The minimum atomic E-state index is 0.0895. The summed E-state index contributed by atoms with van der Waals surface area (Å²) in [5.41, 5.74) is 0. The fourth-order valence-corrected chi connectivity index (χ4v) is 1.76. The van der Waals surface area contributed by atoms with Crippen LogP contribution in [-0.4, -0.2) is 52.7 Å². The van der Waals surface area contributed by atoms with Crippen LogP contribution in [0.15, 0.2) is 0 Å². The second-order valence-corrected chi connectivity index (χ2v) is 4.92. The third-order valence-corrected chi connectivity index (χ3v) is 3.02. The molecule has 1 aliphatic rings. The highest BCUT2D eigenvalue weighted by atomic mass is 35.5. The number of ether oxygens (including phenoxy) is 2. The highest BCUT2D eigenvalue weighted by molar-refractivity contribution is 6.28. The molecule has 1 aliphatic carbocycles. The van der Waals surface area contributed by atoms with E-state index in [1.807, 2.05) is 6.92 Å². The molecule has 0 N–H and O–H groups in total. The Bertz CT molecular complexity index is 415. The van der Waals surface area contributed by atoms with Gasteiger partial charge in [-0.2, -0.15) is 9.97 Å². The minimum Gasteiger partial charge on any atom is -0.463 e. The number of aromatic nitrogens is 3. The van der Waals surface area contributed by atoms with Crippen molar-refractivity contribution in [3.05, 3.63) is 5.28 Å². The Morgan fingerprint density at radius 2 is 1.79 bits per heavy atom. The number of halogens is 1. The van der Waals surface area contributed by atoms with Gasteiger partial charge >= 0.3 is 12.0 Å². The molecule has 106 valence electrons. The van der Waals surface area contributed by atoms with Gasteiger partial charge in [0, 0.05) is 12.6 Å². The van der Waals surface area contributed by atoms with Crippen LogP contribution in [0.1, 0.15) is 26.2 Å². The van der Waals surface area contributed by atoms with E-state index in [0.29, 0.717) is 19.3 Å². The number of likely N-dealkylation sites (N-methyl/N-ethyl adjacent to an activating group) is 1. The Morgan fingerprint density at radius 1 is 1.16 bits per heavy atom. The Hall–Kier alpha value is -1.14. The zero-order valence-corrected chi connectivity index (χ0v) is 12.1. The van der Waals surface area contributed by atoms with E-state index in [-0.39, 0.29) is 17.3 Å². The first kappa shape index (κ1) is 14.3. The van der Waals surface area contributed by atoms with Gasteiger partial charge in [-0.25, -0.2) is 0 Å². The van der Waals surface area contributed by atoms with Crippen LogP contribution in [0.2, 0.25) is 5.28 Å². The summed E-state index contributed by atoms with van der Waals surface area (Å²) in [6.07, 6.45) is 3.44. The van der Waals surface area contributed by atoms with Crippen LogP contribution in [0.5, 0.6) is 12.0 Å². The lowest BCUT2D eigenvalue weighted by Gasteiger charge is -2.15. The molecule has 0 aliphatic heterocycles. The van der Waals surface area contributed by atoms with Crippen LogP contribution in [0.25, 0.3) is 0 Å². The number of hydrogen-bond acceptors (Lipinski definition) is 6. The summed E-state index contributed by atoms with van der Waals surface area (Å²) in [6.45, 7) is 3.93. The molecule has 19 heavy (non-hydrogen) atoms. The molecule has 1 saturated carbocycles. The average Bonchev–Trinajstić information content (AvgIpc) is 3.20. The molecule has 1 aromatic heterocycles. The summed E-state index contributed by atoms with van der Waals surface area (Å²) in [4.78, 5) is 14.1. The molecular formula is C12H19ClN4O2. The molecule has 0 aromatic carbocycles. The fraction of sp³-hybridized carbons (Fsp3) is 0.750. The van der Waals surface area contributed by atoms with Crippen LogP contribution in [-0.2, 0) is 0 Å². The maximum Gasteiger partial charge on any atom is 0.323 e. The molecule has 7 heteroatoms. The van der Waals surface area contributed by atoms with E-state index in [4.69, 9.17) is 21.1 Å². The lowest BCUT2D eigenvalue weighted by molar-refractivity contribution is 0.214. The number of hydrogen-bond donors (Lipinski definition) is 0. The Morgan fingerprint density at radius 3 is 2.37 bits per heavy atom. The molecule has 1 heterocycles. The van der Waals surface area contributed by atoms with Gasteiger partial charge in [-0.3, -0.25) is 0 Å². The van der Waals surface area contributed by atoms with Gasteiger partial charge in [0.15, 0.2) is 0 Å². The van der Waals surface area contributed by atoms with Gasteiger partial charge in [0.1, 0.15) is 6.61 Å². The third-order valence-electron chi connectivity index (χ3n) is 2.85. The molecule has 0 saturated heterocycles. The van der Waals surface area contributed by atoms with E-state index < -0.39 is 0 Å². The molecular weight excluding hydrogens is 268 g/mol. The van der Waals surface area contributed by atoms with Gasteiger partial charge in [-0.05, 0) is 37.9 Å². The van der Waals surface area contributed by atoms with E-state index in [2.05, 4.69) is 26.9 Å². The first-order valence-corrected chi connectivity index (χ1v) is 6.94. The van der Waals surface area contributed by atoms with Gasteiger partial charge in [0.2, 0.25) is 5.28 Å². The molecule has 1 aromatic rings. The van der Waals surface area contributed by atoms with Gasteiger partial charge in [0.05, 0.1) is 6.61 Å². The van der Waals surface area contributed by atoms with Crippen molar-refractivity contribution in [2.45, 2.75) is 32.2 Å². The largest absolute Gasteiger partial charge is 0.463 e. The summed E-state index contributed by atoms with van der Waals surface area (Å²) in [6, 6.07) is 1.15. The van der Waals surface area contributed by atoms with E-state index in [1.54, 1.807) is 0 Å². The molecule has 0 bridgehead atoms. The van der Waals surface area contributed by atoms with Crippen LogP contribution < -0.4 is 9.47 Å². The Balaban J connectivity index is 1.82. The van der Waals surface area contributed by atoms with Crippen molar-refractivity contribution in [2.75, 3.05) is 26.8 Å². The predicted molar refractivity (Wildman–Crippen MR) is 71.8 cm³/mol. The third kappa shape index (κ3) is 4.80. The quantitative estimate of drug-likeness (QED) is 0.726. The van der Waals surface area contributed by atoms with Gasteiger partial charge in [-0.1, -0.05) is 6.92 Å². The summed E-state index contributed by atoms with van der Waals surface area (Å²) in [5.74, 6) is 0. The smallest absolute Gasteiger partial charge is 0.323 e. The van der Waals surface area contributed by atoms with E-state index in [9.17, 15) is 0 Å². The van der Waals surface area contributed by atoms with Crippen molar-refractivity contribution >= 4 is 11.6 Å². The monoisotopic (exact) mass is 286 g/mol. The first-order chi connectivity index (χ1) is 9.19. The van der Waals surface area contributed by atoms with Gasteiger partial charge < -0.3 is 14.4 Å². The summed E-state index contributed by atoms with van der Waals surface area (Å²) in [7, 11) is 2.09. The first-order valence-electron chi connectivity index (χ1n) is 6.56. The molecule has 0 spiro atoms. The highest BCUT2D eigenvalue weighted by Crippen LogP contribution is 2.24. The van der Waals surface area contributed by atoms with E-state index in [0.717, 1.165) is 13.0 Å². The molecule has 0 amide bonds. The summed E-state index contributed by atoms with van der Waals surface area (Å²) < 4.78 is 10.8. The fourth-order valence-electron chi connectivity index (χ4n) is 1.62. The zero-order valence-electron chi connectivity index (χ0n) is 11.3. The van der Waals surface area contributed by atoms with Crippen molar-refractivity contribution in [1.82, 2.24) is 19.9 Å². The second kappa shape index (κ2) is 6.86. The molecule has 1 fully saturated rings. The zero-order chi connectivity index (χ0) is 13.7. The average molecular weight is 287 g/mol. The van der Waals surface area contributed by atoms with Gasteiger partial charge in [-0.15, -0.1) is 4.98 Å². The lowest BCUT2D eigenvalue weighted by atomic mass is 10.5. The Kier molecular flexibility index (Phi) is 5.15. The lowest BCUT2D eigenvalue weighted by Crippen LogP contribution is -2.26. The van der Waals surface area contributed by atoms with Crippen LogP contribution in [0.4, 0.5) is 0 Å². The highest BCUT2D eigenvalue weighted by Gasteiger charge is 2.25. The minimum absolute atomic E-state index is 0.0895. The summed E-state index contributed by atoms with van der Waals surface area (Å²) in [5, 5.41) is 0.0895. The van der Waals surface area contributed by atoms with Crippen molar-refractivity contribution in [2.24, 2.45) is 0 Å². The van der Waals surface area contributed by atoms with Crippen molar-refractivity contribution < 1.29 is 9.47 Å². The molecule has 0 atom stereocenters. The van der Waals surface area contributed by atoms with Crippen LogP contribution >= 0.6 is 11.6 Å². The SMILES string of the molecule is CCCOc1nc(Cl)nc(OCCN(C)C2CC2)n1. The summed E-state index contributed by atoms with van der Waals surface area (Å²) >= 11 is 5.80. The van der Waals surface area contributed by atoms with Crippen molar-refractivity contribution in [3.63, 3.8) is 0 Å². The van der Waals surface area contributed by atoms with Crippen molar-refractivity contribution in [3.8, 4) is 12.0 Å². The molecule has 0 radical (unpaired) electrons. The maximum absolute atomic E-state index is 5.80. The second-order valence-electron chi connectivity index (χ2n) is 4.58. The van der Waals surface area contributed by atoms with Gasteiger partial charge in [0.25, 0.3) is 0 Å².